The van der Waals surface area contributed by atoms with Gasteiger partial charge < -0.3 is 20.0 Å². The fourth-order valence-electron chi connectivity index (χ4n) is 1.86. The fraction of sp³-hybridized carbons (Fsp3) is 0.231. The highest BCUT2D eigenvalue weighted by Gasteiger charge is 2.11. The van der Waals surface area contributed by atoms with Crippen LogP contribution in [-0.2, 0) is 20.9 Å². The lowest BCUT2D eigenvalue weighted by Crippen LogP contribution is -2.30. The number of nitrogens with one attached hydrogen (secondary N) is 3. The summed E-state index contributed by atoms with van der Waals surface area (Å²) >= 11 is 3.28. The Labute approximate surface area is 132 Å². The van der Waals surface area contributed by atoms with Crippen LogP contribution in [0.25, 0.3) is 11.0 Å². The Kier molecular flexibility index (Phi) is 4.76. The van der Waals surface area contributed by atoms with Crippen molar-refractivity contribution in [1.29, 1.82) is 0 Å². The van der Waals surface area contributed by atoms with E-state index in [2.05, 4.69) is 36.0 Å². The second kappa shape index (κ2) is 6.56. The molecule has 1 amide bonds. The van der Waals surface area contributed by atoms with E-state index in [0.29, 0.717) is 21.1 Å². The van der Waals surface area contributed by atoms with Gasteiger partial charge in [0.1, 0.15) is 6.42 Å². The third kappa shape index (κ3) is 3.61. The average molecular weight is 370 g/mol. The maximum atomic E-state index is 11.6. The first kappa shape index (κ1) is 16.0. The number of carbonyl (C=O) groups is 2. The van der Waals surface area contributed by atoms with E-state index in [0.717, 1.165) is 0 Å². The van der Waals surface area contributed by atoms with Crippen LogP contribution >= 0.6 is 15.9 Å². The smallest absolute Gasteiger partial charge is 0.315 e. The van der Waals surface area contributed by atoms with E-state index in [9.17, 15) is 19.2 Å². The zero-order valence-corrected chi connectivity index (χ0v) is 13.1. The zero-order chi connectivity index (χ0) is 16.3. The molecule has 8 nitrogen and oxygen atoms in total. The van der Waals surface area contributed by atoms with Crippen molar-refractivity contribution in [1.82, 2.24) is 15.3 Å². The summed E-state index contributed by atoms with van der Waals surface area (Å²) in [4.78, 5) is 50.3. The van der Waals surface area contributed by atoms with Crippen LogP contribution in [0.4, 0.5) is 0 Å². The highest BCUT2D eigenvalue weighted by molar-refractivity contribution is 9.10. The lowest BCUT2D eigenvalue weighted by Gasteiger charge is -2.08. The van der Waals surface area contributed by atoms with Crippen LogP contribution in [0.15, 0.2) is 26.2 Å². The first-order chi connectivity index (χ1) is 10.4. The van der Waals surface area contributed by atoms with Crippen LogP contribution < -0.4 is 16.4 Å². The number of amides is 1. The van der Waals surface area contributed by atoms with Crippen LogP contribution in [0.5, 0.6) is 0 Å². The van der Waals surface area contributed by atoms with Crippen molar-refractivity contribution < 1.29 is 14.3 Å². The van der Waals surface area contributed by atoms with Crippen molar-refractivity contribution in [3.05, 3.63) is 42.9 Å². The Hall–Kier alpha value is -2.42. The van der Waals surface area contributed by atoms with Crippen molar-refractivity contribution in [3.8, 4) is 0 Å². The lowest BCUT2D eigenvalue weighted by molar-refractivity contribution is -0.143. The number of methoxy groups -OCH3 is 1. The van der Waals surface area contributed by atoms with E-state index >= 15 is 0 Å². The summed E-state index contributed by atoms with van der Waals surface area (Å²) in [5.41, 5.74) is -0.124. The van der Waals surface area contributed by atoms with Gasteiger partial charge in [0.2, 0.25) is 5.91 Å². The molecule has 0 aliphatic rings. The molecule has 0 aliphatic carbocycles. The summed E-state index contributed by atoms with van der Waals surface area (Å²) < 4.78 is 5.06. The minimum Gasteiger partial charge on any atom is -0.469 e. The minimum absolute atomic E-state index is 0.0771. The molecule has 0 bridgehead atoms. The van der Waals surface area contributed by atoms with Gasteiger partial charge in [-0.25, -0.2) is 0 Å². The molecule has 3 N–H and O–H groups in total. The number of fused-ring (bicyclic) bond motifs is 1. The Balaban J connectivity index is 2.29. The van der Waals surface area contributed by atoms with Gasteiger partial charge in [-0.3, -0.25) is 19.2 Å². The van der Waals surface area contributed by atoms with Gasteiger partial charge in [0.05, 0.1) is 18.1 Å². The standard InChI is InChI=1S/C13H12BrN3O5/c1-22-10(19)4-9(18)15-5-6-2-7(14)3-8-11(6)17-13(21)12(20)16-8/h2-3H,4-5H2,1H3,(H,15,18)(H,16,20)(H,17,21). The van der Waals surface area contributed by atoms with Gasteiger partial charge in [-0.15, -0.1) is 0 Å². The Morgan fingerprint density at radius 3 is 2.59 bits per heavy atom. The van der Waals surface area contributed by atoms with Gasteiger partial charge in [0.15, 0.2) is 0 Å². The molecular weight excluding hydrogens is 358 g/mol. The first-order valence-electron chi connectivity index (χ1n) is 6.19. The number of carbonyl (C=O) groups excluding carboxylic acids is 2. The second-order valence-electron chi connectivity index (χ2n) is 4.43. The second-order valence-corrected chi connectivity index (χ2v) is 5.34. The molecule has 0 spiro atoms. The number of hydrogen-bond donors (Lipinski definition) is 3. The van der Waals surface area contributed by atoms with Crippen LogP contribution in [0.1, 0.15) is 12.0 Å². The maximum Gasteiger partial charge on any atom is 0.315 e. The molecule has 1 aromatic carbocycles. The van der Waals surface area contributed by atoms with Gasteiger partial charge in [0, 0.05) is 11.0 Å². The van der Waals surface area contributed by atoms with Gasteiger partial charge in [-0.05, 0) is 17.7 Å². The van der Waals surface area contributed by atoms with Gasteiger partial charge in [0.25, 0.3) is 0 Å². The van der Waals surface area contributed by atoms with Crippen molar-refractivity contribution in [2.45, 2.75) is 13.0 Å². The number of esters is 1. The van der Waals surface area contributed by atoms with Gasteiger partial charge in [-0.1, -0.05) is 15.9 Å². The van der Waals surface area contributed by atoms with E-state index in [1.54, 1.807) is 12.1 Å². The molecular formula is C13H12BrN3O5. The fourth-order valence-corrected chi connectivity index (χ4v) is 2.36. The molecule has 2 aromatic rings. The van der Waals surface area contributed by atoms with Crippen LogP contribution in [-0.4, -0.2) is 29.0 Å². The van der Waals surface area contributed by atoms with E-state index in [1.807, 2.05) is 0 Å². The molecule has 0 saturated heterocycles. The SMILES string of the molecule is COC(=O)CC(=O)NCc1cc(Br)cc2[nH]c(=O)c(=O)[nH]c12. The zero-order valence-electron chi connectivity index (χ0n) is 11.5. The van der Waals surface area contributed by atoms with Crippen LogP contribution in [0.2, 0.25) is 0 Å². The van der Waals surface area contributed by atoms with Gasteiger partial charge in [-0.2, -0.15) is 0 Å². The molecule has 0 aliphatic heterocycles. The normalized spacial score (nSPS) is 10.5. The third-order valence-corrected chi connectivity index (χ3v) is 3.34. The monoisotopic (exact) mass is 369 g/mol. The number of ether oxygens (including phenoxy) is 1. The highest BCUT2D eigenvalue weighted by atomic mass is 79.9. The van der Waals surface area contributed by atoms with Crippen molar-refractivity contribution in [3.63, 3.8) is 0 Å². The summed E-state index contributed by atoms with van der Waals surface area (Å²) in [7, 11) is 1.19. The maximum absolute atomic E-state index is 11.6. The average Bonchev–Trinajstić information content (AvgIpc) is 2.46. The summed E-state index contributed by atoms with van der Waals surface area (Å²) in [6.45, 7) is 0.0771. The molecule has 1 heterocycles. The third-order valence-electron chi connectivity index (χ3n) is 2.89. The number of aromatic amines is 2. The van der Waals surface area contributed by atoms with Crippen LogP contribution in [0.3, 0.4) is 0 Å². The molecule has 1 aromatic heterocycles. The van der Waals surface area contributed by atoms with Crippen LogP contribution in [0, 0.1) is 0 Å². The first-order valence-corrected chi connectivity index (χ1v) is 6.98. The topological polar surface area (TPSA) is 121 Å². The molecule has 22 heavy (non-hydrogen) atoms. The van der Waals surface area contributed by atoms with E-state index in [1.165, 1.54) is 7.11 Å². The van der Waals surface area contributed by atoms with Gasteiger partial charge >= 0.3 is 17.1 Å². The number of aromatic nitrogens is 2. The van der Waals surface area contributed by atoms with Crippen molar-refractivity contribution >= 4 is 38.8 Å². The number of rotatable bonds is 4. The number of H-pyrrole nitrogens is 2. The molecule has 0 unspecified atom stereocenters. The molecule has 0 fully saturated rings. The predicted octanol–water partition coefficient (Wildman–Crippen LogP) is 0.158. The van der Waals surface area contributed by atoms with Crippen molar-refractivity contribution in [2.75, 3.05) is 7.11 Å². The minimum atomic E-state index is -0.781. The summed E-state index contributed by atoms with van der Waals surface area (Å²) in [6, 6.07) is 3.32. The molecule has 0 saturated carbocycles. The molecule has 0 atom stereocenters. The van der Waals surface area contributed by atoms with E-state index in [4.69, 9.17) is 0 Å². The Morgan fingerprint density at radius 1 is 1.23 bits per heavy atom. The number of hydrogen-bond acceptors (Lipinski definition) is 5. The summed E-state index contributed by atoms with van der Waals surface area (Å²) in [6.07, 6.45) is -0.393. The molecule has 116 valence electrons. The number of halogens is 1. The number of benzene rings is 1. The lowest BCUT2D eigenvalue weighted by atomic mass is 10.1. The largest absolute Gasteiger partial charge is 0.469 e. The van der Waals surface area contributed by atoms with Crippen molar-refractivity contribution in [2.24, 2.45) is 0 Å². The highest BCUT2D eigenvalue weighted by Crippen LogP contribution is 2.20. The Morgan fingerprint density at radius 2 is 1.91 bits per heavy atom. The van der Waals surface area contributed by atoms with E-state index < -0.39 is 29.4 Å². The molecule has 0 radical (unpaired) electrons. The molecule has 2 rings (SSSR count). The van der Waals surface area contributed by atoms with E-state index in [-0.39, 0.29) is 6.54 Å². The predicted molar refractivity (Wildman–Crippen MR) is 81.4 cm³/mol. The molecule has 9 heteroatoms. The summed E-state index contributed by atoms with van der Waals surface area (Å²) in [5, 5.41) is 2.54. The quantitative estimate of drug-likeness (QED) is 0.402. The summed E-state index contributed by atoms with van der Waals surface area (Å²) in [5.74, 6) is -1.15. The Bertz CT molecular complexity index is 855.